The lowest BCUT2D eigenvalue weighted by Crippen LogP contribution is -2.21. The molecule has 7 heteroatoms. The van der Waals surface area contributed by atoms with Crippen molar-refractivity contribution in [3.05, 3.63) is 71.1 Å². The fourth-order valence-corrected chi connectivity index (χ4v) is 3.57. The highest BCUT2D eigenvalue weighted by Crippen LogP contribution is 2.47. The van der Waals surface area contributed by atoms with Crippen molar-refractivity contribution in [2.24, 2.45) is 5.73 Å². The maximum Gasteiger partial charge on any atom is 0.244 e. The third-order valence-electron chi connectivity index (χ3n) is 4.84. The van der Waals surface area contributed by atoms with Crippen LogP contribution in [0.1, 0.15) is 24.0 Å². The number of nitriles is 1. The SMILES string of the molecule is CCOc1ccc(-c2[nH]nc3c2[C@@H](c2ccccc2OC)C(C#N)=C(N)O3)cc1. The zero-order chi connectivity index (χ0) is 20.4. The van der Waals surface area contributed by atoms with Crippen LogP contribution >= 0.6 is 0 Å². The molecule has 2 heterocycles. The van der Waals surface area contributed by atoms with Gasteiger partial charge in [-0.3, -0.25) is 5.10 Å². The Bertz CT molecular complexity index is 1110. The molecule has 29 heavy (non-hydrogen) atoms. The molecule has 3 N–H and O–H groups in total. The van der Waals surface area contributed by atoms with Gasteiger partial charge in [-0.2, -0.15) is 5.26 Å². The molecule has 0 saturated carbocycles. The maximum absolute atomic E-state index is 9.82. The lowest BCUT2D eigenvalue weighted by molar-refractivity contribution is 0.340. The number of allylic oxidation sites excluding steroid dienone is 1. The van der Waals surface area contributed by atoms with Gasteiger partial charge in [-0.15, -0.1) is 5.10 Å². The van der Waals surface area contributed by atoms with E-state index in [0.29, 0.717) is 23.8 Å². The number of nitrogens with one attached hydrogen (secondary N) is 1. The summed E-state index contributed by atoms with van der Waals surface area (Å²) in [5.74, 6) is 1.36. The zero-order valence-corrected chi connectivity index (χ0v) is 16.1. The summed E-state index contributed by atoms with van der Waals surface area (Å²) in [6.45, 7) is 2.53. The summed E-state index contributed by atoms with van der Waals surface area (Å²) in [5.41, 5.74) is 9.56. The minimum Gasteiger partial charge on any atom is -0.496 e. The molecule has 0 amide bonds. The third kappa shape index (κ3) is 3.15. The molecule has 0 bridgehead atoms. The molecule has 1 atom stereocenters. The number of nitrogens with two attached hydrogens (primary N) is 1. The number of para-hydroxylation sites is 1. The minimum atomic E-state index is -0.472. The molecule has 0 spiro atoms. The van der Waals surface area contributed by atoms with Gasteiger partial charge in [0.1, 0.15) is 23.1 Å². The fourth-order valence-electron chi connectivity index (χ4n) is 3.57. The van der Waals surface area contributed by atoms with Gasteiger partial charge in [0.15, 0.2) is 0 Å². The molecule has 3 aromatic rings. The van der Waals surface area contributed by atoms with Crippen molar-refractivity contribution in [3.8, 4) is 34.7 Å². The molecule has 0 fully saturated rings. The molecule has 0 aliphatic carbocycles. The van der Waals surface area contributed by atoms with Crippen LogP contribution in [0, 0.1) is 11.3 Å². The first kappa shape index (κ1) is 18.4. The second-order valence-corrected chi connectivity index (χ2v) is 6.44. The highest BCUT2D eigenvalue weighted by Gasteiger charge is 2.36. The predicted molar refractivity (Wildman–Crippen MR) is 107 cm³/mol. The number of hydrogen-bond donors (Lipinski definition) is 2. The maximum atomic E-state index is 9.82. The van der Waals surface area contributed by atoms with E-state index in [1.165, 1.54) is 0 Å². The number of hydrogen-bond acceptors (Lipinski definition) is 6. The van der Waals surface area contributed by atoms with Crippen molar-refractivity contribution in [2.45, 2.75) is 12.8 Å². The van der Waals surface area contributed by atoms with Crippen LogP contribution in [-0.4, -0.2) is 23.9 Å². The molecule has 1 aliphatic rings. The predicted octanol–water partition coefficient (Wildman–Crippen LogP) is 3.70. The van der Waals surface area contributed by atoms with Crippen molar-refractivity contribution >= 4 is 0 Å². The van der Waals surface area contributed by atoms with E-state index < -0.39 is 5.92 Å². The Kier molecular flexibility index (Phi) is 4.83. The van der Waals surface area contributed by atoms with Gasteiger partial charge < -0.3 is 19.9 Å². The average Bonchev–Trinajstić information content (AvgIpc) is 3.16. The molecule has 146 valence electrons. The van der Waals surface area contributed by atoms with Gasteiger partial charge in [0.05, 0.1) is 30.9 Å². The van der Waals surface area contributed by atoms with Gasteiger partial charge in [-0.1, -0.05) is 18.2 Å². The molecule has 4 rings (SSSR count). The van der Waals surface area contributed by atoms with Crippen molar-refractivity contribution in [1.29, 1.82) is 5.26 Å². The quantitative estimate of drug-likeness (QED) is 0.690. The number of benzene rings is 2. The number of nitrogens with zero attached hydrogens (tertiary/aromatic N) is 2. The topological polar surface area (TPSA) is 106 Å². The summed E-state index contributed by atoms with van der Waals surface area (Å²) < 4.78 is 16.7. The number of aromatic amines is 1. The van der Waals surface area contributed by atoms with Crippen LogP contribution in [0.2, 0.25) is 0 Å². The molecule has 0 radical (unpaired) electrons. The Morgan fingerprint density at radius 1 is 1.21 bits per heavy atom. The van der Waals surface area contributed by atoms with E-state index in [9.17, 15) is 5.26 Å². The normalized spacial score (nSPS) is 15.3. The lowest BCUT2D eigenvalue weighted by atomic mass is 9.82. The molecule has 0 saturated heterocycles. The monoisotopic (exact) mass is 388 g/mol. The number of aromatic nitrogens is 2. The van der Waals surface area contributed by atoms with E-state index in [0.717, 1.165) is 28.1 Å². The molecule has 2 aromatic carbocycles. The first-order valence-electron chi connectivity index (χ1n) is 9.19. The number of fused-ring (bicyclic) bond motifs is 1. The van der Waals surface area contributed by atoms with Crippen LogP contribution in [0.5, 0.6) is 17.4 Å². The molecule has 1 aliphatic heterocycles. The molecule has 0 unspecified atom stereocenters. The van der Waals surface area contributed by atoms with Crippen molar-refractivity contribution in [2.75, 3.05) is 13.7 Å². The number of methoxy groups -OCH3 is 1. The Balaban J connectivity index is 1.89. The number of ether oxygens (including phenoxy) is 3. The van der Waals surface area contributed by atoms with Crippen molar-refractivity contribution in [3.63, 3.8) is 0 Å². The van der Waals surface area contributed by atoms with Crippen LogP contribution in [0.4, 0.5) is 0 Å². The Morgan fingerprint density at radius 2 is 1.97 bits per heavy atom. The third-order valence-corrected chi connectivity index (χ3v) is 4.84. The molecule has 1 aromatic heterocycles. The summed E-state index contributed by atoms with van der Waals surface area (Å²) in [6, 6.07) is 17.4. The highest BCUT2D eigenvalue weighted by atomic mass is 16.5. The number of rotatable bonds is 5. The van der Waals surface area contributed by atoms with Gasteiger partial charge >= 0.3 is 0 Å². The summed E-state index contributed by atoms with van der Waals surface area (Å²) in [5, 5.41) is 17.2. The fraction of sp³-hybridized carbons (Fsp3) is 0.182. The number of H-pyrrole nitrogens is 1. The largest absolute Gasteiger partial charge is 0.496 e. The van der Waals surface area contributed by atoms with Gasteiger partial charge in [-0.05, 0) is 37.3 Å². The smallest absolute Gasteiger partial charge is 0.244 e. The van der Waals surface area contributed by atoms with E-state index >= 15 is 0 Å². The van der Waals surface area contributed by atoms with E-state index in [2.05, 4.69) is 16.3 Å². The van der Waals surface area contributed by atoms with E-state index in [1.54, 1.807) is 7.11 Å². The minimum absolute atomic E-state index is 0.0423. The Morgan fingerprint density at radius 3 is 2.66 bits per heavy atom. The van der Waals surface area contributed by atoms with Gasteiger partial charge in [0.2, 0.25) is 11.8 Å². The Hall–Kier alpha value is -3.92. The summed E-state index contributed by atoms with van der Waals surface area (Å²) in [4.78, 5) is 0. The highest BCUT2D eigenvalue weighted by molar-refractivity contribution is 5.72. The van der Waals surface area contributed by atoms with Gasteiger partial charge in [0.25, 0.3) is 0 Å². The van der Waals surface area contributed by atoms with E-state index in [4.69, 9.17) is 19.9 Å². The van der Waals surface area contributed by atoms with Gasteiger partial charge in [-0.25, -0.2) is 0 Å². The summed E-state index contributed by atoms with van der Waals surface area (Å²) >= 11 is 0. The molecular formula is C22H20N4O3. The van der Waals surface area contributed by atoms with Crippen LogP contribution in [0.15, 0.2) is 60.0 Å². The molecular weight excluding hydrogens is 368 g/mol. The van der Waals surface area contributed by atoms with Crippen LogP contribution in [0.25, 0.3) is 11.3 Å². The standard InChI is InChI=1S/C22H20N4O3/c1-3-28-14-10-8-13(9-11-14)20-19-18(15-6-4-5-7-17(15)27-2)16(12-23)21(24)29-22(19)26-25-20/h4-11,18H,3,24H2,1-2H3,(H,25,26)/t18-/m0/s1. The van der Waals surface area contributed by atoms with Crippen LogP contribution < -0.4 is 19.9 Å². The summed E-state index contributed by atoms with van der Waals surface area (Å²) in [6.07, 6.45) is 0. The lowest BCUT2D eigenvalue weighted by Gasteiger charge is -2.25. The second kappa shape index (κ2) is 7.60. The Labute approximate surface area is 168 Å². The second-order valence-electron chi connectivity index (χ2n) is 6.44. The van der Waals surface area contributed by atoms with Crippen molar-refractivity contribution in [1.82, 2.24) is 10.2 Å². The first-order chi connectivity index (χ1) is 14.2. The van der Waals surface area contributed by atoms with Gasteiger partial charge in [0, 0.05) is 11.1 Å². The van der Waals surface area contributed by atoms with Crippen LogP contribution in [0.3, 0.4) is 0 Å². The average molecular weight is 388 g/mol. The molecule has 7 nitrogen and oxygen atoms in total. The van der Waals surface area contributed by atoms with Crippen LogP contribution in [-0.2, 0) is 0 Å². The van der Waals surface area contributed by atoms with Crippen molar-refractivity contribution < 1.29 is 14.2 Å². The summed E-state index contributed by atoms with van der Waals surface area (Å²) in [7, 11) is 1.60. The van der Waals surface area contributed by atoms with E-state index in [1.807, 2.05) is 55.5 Å². The zero-order valence-electron chi connectivity index (χ0n) is 16.1. The first-order valence-corrected chi connectivity index (χ1v) is 9.19. The van der Waals surface area contributed by atoms with E-state index in [-0.39, 0.29) is 5.88 Å².